The molecule has 0 radical (unpaired) electrons. The zero-order valence-electron chi connectivity index (χ0n) is 15.9. The van der Waals surface area contributed by atoms with E-state index in [9.17, 15) is 9.59 Å². The van der Waals surface area contributed by atoms with Crippen molar-refractivity contribution in [3.63, 3.8) is 0 Å². The number of carbonyl (C=O) groups excluding carboxylic acids is 2. The first-order chi connectivity index (χ1) is 12.6. The van der Waals surface area contributed by atoms with Crippen LogP contribution in [0.4, 0.5) is 0 Å². The number of ether oxygens (including phenoxy) is 3. The van der Waals surface area contributed by atoms with Crippen LogP contribution in [0.15, 0.2) is 30.3 Å². The predicted molar refractivity (Wildman–Crippen MR) is 98.4 cm³/mol. The highest BCUT2D eigenvalue weighted by atomic mass is 16.6. The van der Waals surface area contributed by atoms with Gasteiger partial charge in [0.1, 0.15) is 0 Å². The third-order valence-corrected chi connectivity index (χ3v) is 5.02. The average Bonchev–Trinajstić information content (AvgIpc) is 2.67. The van der Waals surface area contributed by atoms with Crippen LogP contribution in [0.25, 0.3) is 0 Å². The number of benzene rings is 1. The summed E-state index contributed by atoms with van der Waals surface area (Å²) in [5.41, 5.74) is -0.376. The molecule has 0 bridgehead atoms. The highest BCUT2D eigenvalue weighted by Crippen LogP contribution is 2.41. The number of rotatable bonds is 9. The molecule has 0 atom stereocenters. The average molecular weight is 362 g/mol. The van der Waals surface area contributed by atoms with E-state index in [-0.39, 0.29) is 25.7 Å². The van der Waals surface area contributed by atoms with E-state index in [1.807, 2.05) is 30.3 Å². The summed E-state index contributed by atoms with van der Waals surface area (Å²) in [5.74, 6) is -1.14. The lowest BCUT2D eigenvalue weighted by atomic mass is 9.69. The molecule has 5 heteroatoms. The van der Waals surface area contributed by atoms with Crippen molar-refractivity contribution in [1.82, 2.24) is 0 Å². The Balaban J connectivity index is 2.23. The topological polar surface area (TPSA) is 61.8 Å². The summed E-state index contributed by atoms with van der Waals surface area (Å²) in [6.07, 6.45) is 4.76. The lowest BCUT2D eigenvalue weighted by Gasteiger charge is -2.38. The van der Waals surface area contributed by atoms with E-state index in [1.165, 1.54) is 0 Å². The number of hydrogen-bond donors (Lipinski definition) is 0. The van der Waals surface area contributed by atoms with Crippen LogP contribution in [-0.2, 0) is 30.4 Å². The van der Waals surface area contributed by atoms with Crippen molar-refractivity contribution in [3.05, 3.63) is 35.9 Å². The normalized spacial score (nSPS) is 15.5. The summed E-state index contributed by atoms with van der Waals surface area (Å²) in [6.45, 7) is 4.29. The second kappa shape index (κ2) is 10.3. The Morgan fingerprint density at radius 2 is 1.54 bits per heavy atom. The van der Waals surface area contributed by atoms with Gasteiger partial charge in [0.25, 0.3) is 0 Å². The van der Waals surface area contributed by atoms with E-state index in [0.29, 0.717) is 6.61 Å². The Bertz CT molecular complexity index is 545. The van der Waals surface area contributed by atoms with Gasteiger partial charge in [-0.15, -0.1) is 0 Å². The van der Waals surface area contributed by atoms with Crippen molar-refractivity contribution in [2.75, 3.05) is 19.8 Å². The molecule has 5 nitrogen and oxygen atoms in total. The molecule has 1 aromatic rings. The molecule has 0 spiro atoms. The lowest BCUT2D eigenvalue weighted by Crippen LogP contribution is -2.51. The van der Waals surface area contributed by atoms with Crippen LogP contribution in [0.2, 0.25) is 0 Å². The van der Waals surface area contributed by atoms with Gasteiger partial charge in [0.15, 0.2) is 5.41 Å². The van der Waals surface area contributed by atoms with E-state index in [4.69, 9.17) is 14.2 Å². The Kier molecular flexibility index (Phi) is 8.10. The largest absolute Gasteiger partial charge is 0.465 e. The molecule has 0 N–H and O–H groups in total. The van der Waals surface area contributed by atoms with Crippen LogP contribution >= 0.6 is 0 Å². The zero-order valence-corrected chi connectivity index (χ0v) is 15.9. The quantitative estimate of drug-likeness (QED) is 0.492. The molecule has 1 aliphatic carbocycles. The zero-order chi connectivity index (χ0) is 18.8. The van der Waals surface area contributed by atoms with Gasteiger partial charge in [-0.3, -0.25) is 9.59 Å². The minimum Gasteiger partial charge on any atom is -0.465 e. The van der Waals surface area contributed by atoms with E-state index < -0.39 is 17.4 Å². The molecule has 26 heavy (non-hydrogen) atoms. The third kappa shape index (κ3) is 4.85. The number of esters is 2. The lowest BCUT2D eigenvalue weighted by molar-refractivity contribution is -0.184. The monoisotopic (exact) mass is 362 g/mol. The minimum atomic E-state index is -1.37. The van der Waals surface area contributed by atoms with E-state index in [2.05, 4.69) is 0 Å². The van der Waals surface area contributed by atoms with E-state index in [0.717, 1.165) is 37.7 Å². The van der Waals surface area contributed by atoms with Gasteiger partial charge in [0, 0.05) is 0 Å². The van der Waals surface area contributed by atoms with Crippen LogP contribution in [-0.4, -0.2) is 31.8 Å². The molecule has 1 aromatic carbocycles. The van der Waals surface area contributed by atoms with Crippen molar-refractivity contribution in [1.29, 1.82) is 0 Å². The fourth-order valence-corrected chi connectivity index (χ4v) is 3.67. The van der Waals surface area contributed by atoms with Gasteiger partial charge in [-0.25, -0.2) is 0 Å². The Hall–Kier alpha value is -1.88. The van der Waals surface area contributed by atoms with Crippen LogP contribution in [0, 0.1) is 11.3 Å². The summed E-state index contributed by atoms with van der Waals surface area (Å²) in [6, 6.07) is 9.72. The fraction of sp³-hybridized carbons (Fsp3) is 0.619. The maximum Gasteiger partial charge on any atom is 0.326 e. The summed E-state index contributed by atoms with van der Waals surface area (Å²) in [5, 5.41) is 0. The van der Waals surface area contributed by atoms with Gasteiger partial charge >= 0.3 is 11.9 Å². The number of carbonyl (C=O) groups is 2. The first-order valence-corrected chi connectivity index (χ1v) is 9.61. The molecule has 0 amide bonds. The minimum absolute atomic E-state index is 0.00969. The molecule has 0 aromatic heterocycles. The molecule has 1 fully saturated rings. The van der Waals surface area contributed by atoms with Crippen LogP contribution in [0.5, 0.6) is 0 Å². The molecular weight excluding hydrogens is 332 g/mol. The predicted octanol–water partition coefficient (Wildman–Crippen LogP) is 3.90. The molecule has 1 saturated carbocycles. The number of hydrogen-bond acceptors (Lipinski definition) is 5. The molecule has 2 rings (SSSR count). The first-order valence-electron chi connectivity index (χ1n) is 9.61. The van der Waals surface area contributed by atoms with Gasteiger partial charge in [0.2, 0.25) is 0 Å². The fourth-order valence-electron chi connectivity index (χ4n) is 3.67. The molecule has 0 heterocycles. The van der Waals surface area contributed by atoms with Gasteiger partial charge < -0.3 is 14.2 Å². The van der Waals surface area contributed by atoms with Crippen molar-refractivity contribution in [2.45, 2.75) is 52.6 Å². The molecular formula is C21H30O5. The van der Waals surface area contributed by atoms with E-state index in [1.54, 1.807) is 13.8 Å². The molecule has 0 unspecified atom stereocenters. The van der Waals surface area contributed by atoms with Crippen LogP contribution in [0.3, 0.4) is 0 Å². The van der Waals surface area contributed by atoms with Gasteiger partial charge in [0.05, 0.1) is 26.4 Å². The SMILES string of the molecule is CCOC(=O)C(COCc1ccccc1)(C(=O)OCC)C1CCCCC1. The summed E-state index contributed by atoms with van der Waals surface area (Å²) in [7, 11) is 0. The second-order valence-corrected chi connectivity index (χ2v) is 6.73. The van der Waals surface area contributed by atoms with Crippen molar-refractivity contribution in [3.8, 4) is 0 Å². The third-order valence-electron chi connectivity index (χ3n) is 5.02. The smallest absolute Gasteiger partial charge is 0.326 e. The summed E-state index contributed by atoms with van der Waals surface area (Å²) >= 11 is 0. The molecule has 0 aliphatic heterocycles. The highest BCUT2D eigenvalue weighted by molar-refractivity contribution is 6.00. The molecule has 0 saturated heterocycles. The highest BCUT2D eigenvalue weighted by Gasteiger charge is 2.55. The first kappa shape index (κ1) is 20.4. The van der Waals surface area contributed by atoms with Crippen molar-refractivity contribution < 1.29 is 23.8 Å². The van der Waals surface area contributed by atoms with Crippen LogP contribution < -0.4 is 0 Å². The Morgan fingerprint density at radius 3 is 2.08 bits per heavy atom. The Labute approximate surface area is 156 Å². The Morgan fingerprint density at radius 1 is 0.962 bits per heavy atom. The van der Waals surface area contributed by atoms with E-state index >= 15 is 0 Å². The van der Waals surface area contributed by atoms with Gasteiger partial charge in [-0.05, 0) is 38.2 Å². The standard InChI is InChI=1S/C21H30O5/c1-3-25-19(22)21(20(23)26-4-2,18-13-9-6-10-14-18)16-24-15-17-11-7-5-8-12-17/h5,7-8,11-12,18H,3-4,6,9-10,13-16H2,1-2H3. The van der Waals surface area contributed by atoms with Crippen LogP contribution in [0.1, 0.15) is 51.5 Å². The summed E-state index contributed by atoms with van der Waals surface area (Å²) in [4.78, 5) is 25.8. The molecule has 1 aliphatic rings. The second-order valence-electron chi connectivity index (χ2n) is 6.73. The van der Waals surface area contributed by atoms with Gasteiger partial charge in [-0.1, -0.05) is 49.6 Å². The van der Waals surface area contributed by atoms with Gasteiger partial charge in [-0.2, -0.15) is 0 Å². The summed E-state index contributed by atoms with van der Waals surface area (Å²) < 4.78 is 16.5. The maximum atomic E-state index is 12.9. The maximum absolute atomic E-state index is 12.9. The van der Waals surface area contributed by atoms with Crippen molar-refractivity contribution >= 4 is 11.9 Å². The van der Waals surface area contributed by atoms with Crippen molar-refractivity contribution in [2.24, 2.45) is 11.3 Å². The molecule has 144 valence electrons.